The Balaban J connectivity index is 0.000000714. The molecule has 0 aliphatic carbocycles. The summed E-state index contributed by atoms with van der Waals surface area (Å²) in [5, 5.41) is 10.7. The summed E-state index contributed by atoms with van der Waals surface area (Å²) >= 11 is 1.25. The Bertz CT molecular complexity index is 1200. The number of carboxylic acid groups (broad SMARTS) is 1. The van der Waals surface area contributed by atoms with E-state index < -0.39 is 17.6 Å². The molecule has 0 saturated carbocycles. The first-order valence-electron chi connectivity index (χ1n) is 9.32. The van der Waals surface area contributed by atoms with Gasteiger partial charge in [0.25, 0.3) is 11.9 Å². The van der Waals surface area contributed by atoms with Crippen LogP contribution in [0.25, 0.3) is 17.2 Å². The normalized spacial score (nSPS) is 14.8. The number of carbonyl (C=O) groups excluding carboxylic acids is 1. The molecule has 0 unspecified atom stereocenters. The topological polar surface area (TPSA) is 78.8 Å². The average Bonchev–Trinajstić information content (AvgIpc) is 3.08. The number of aliphatic carboxylic acids is 1. The van der Waals surface area contributed by atoms with Crippen molar-refractivity contribution in [3.8, 4) is 11.1 Å². The Morgan fingerprint density at radius 2 is 1.73 bits per heavy atom. The Morgan fingerprint density at radius 3 is 2.33 bits per heavy atom. The number of nitrogens with one attached hydrogen (secondary N) is 1. The number of hydrogen-bond donors (Lipinski definition) is 2. The van der Waals surface area contributed by atoms with Gasteiger partial charge in [0, 0.05) is 18.6 Å². The van der Waals surface area contributed by atoms with Gasteiger partial charge < -0.3 is 10.4 Å². The minimum absolute atomic E-state index is 0. The molecule has 0 radical (unpaired) electrons. The first-order chi connectivity index (χ1) is 15.3. The molecule has 1 fully saturated rings. The molecule has 0 bridgehead atoms. The second kappa shape index (κ2) is 12.5. The zero-order chi connectivity index (χ0) is 23.1. The molecule has 1 aliphatic heterocycles. The summed E-state index contributed by atoms with van der Waals surface area (Å²) in [6, 6.07) is 20.5. The molecule has 0 atom stereocenters. The van der Waals surface area contributed by atoms with E-state index in [2.05, 4.69) is 16.4 Å². The fourth-order valence-corrected chi connectivity index (χ4v) is 3.53. The second-order valence-electron chi connectivity index (χ2n) is 6.51. The number of halogens is 2. The Hall–Kier alpha value is -2.78. The van der Waals surface area contributed by atoms with Gasteiger partial charge in [-0.25, -0.2) is 8.78 Å². The van der Waals surface area contributed by atoms with E-state index in [-0.39, 0.29) is 35.5 Å². The summed E-state index contributed by atoms with van der Waals surface area (Å²) in [7, 11) is 0. The Labute approximate surface area is 215 Å². The molecule has 0 aromatic heterocycles. The average molecular weight is 474 g/mol. The van der Waals surface area contributed by atoms with Gasteiger partial charge in [0.15, 0.2) is 5.17 Å². The van der Waals surface area contributed by atoms with Crippen molar-refractivity contribution in [1.82, 2.24) is 5.32 Å². The maximum Gasteiger partial charge on any atom is 1.00 e. The van der Waals surface area contributed by atoms with Crippen LogP contribution >= 0.6 is 11.8 Å². The van der Waals surface area contributed by atoms with Gasteiger partial charge in [-0.3, -0.25) is 14.6 Å². The summed E-state index contributed by atoms with van der Waals surface area (Å²) in [4.78, 5) is 26.1. The first kappa shape index (κ1) is 26.5. The Morgan fingerprint density at radius 1 is 1.09 bits per heavy atom. The molecular weight excluding hydrogens is 457 g/mol. The van der Waals surface area contributed by atoms with Gasteiger partial charge in [-0.1, -0.05) is 24.3 Å². The molecular formula is C24H17F2N2NaO3S. The molecule has 1 saturated heterocycles. The van der Waals surface area contributed by atoms with Crippen molar-refractivity contribution in [2.45, 2.75) is 6.92 Å². The maximum absolute atomic E-state index is 13.9. The van der Waals surface area contributed by atoms with Crippen molar-refractivity contribution in [2.75, 3.05) is 0 Å². The van der Waals surface area contributed by atoms with Gasteiger partial charge in [0.05, 0.1) is 4.91 Å². The molecule has 9 heteroatoms. The van der Waals surface area contributed by atoms with E-state index in [1.807, 2.05) is 0 Å². The summed E-state index contributed by atoms with van der Waals surface area (Å²) in [6.07, 6.45) is 1.74. The van der Waals surface area contributed by atoms with Gasteiger partial charge in [0.2, 0.25) is 0 Å². The molecule has 162 valence electrons. The van der Waals surface area contributed by atoms with Crippen molar-refractivity contribution in [3.05, 3.63) is 94.9 Å². The quantitative estimate of drug-likeness (QED) is 0.347. The summed E-state index contributed by atoms with van der Waals surface area (Å²) in [5.74, 6) is -2.28. The van der Waals surface area contributed by atoms with E-state index in [1.165, 1.54) is 23.9 Å². The third kappa shape index (κ3) is 7.94. The van der Waals surface area contributed by atoms with E-state index in [9.17, 15) is 13.6 Å². The van der Waals surface area contributed by atoms with Gasteiger partial charge in [0.1, 0.15) is 11.6 Å². The zero-order valence-electron chi connectivity index (χ0n) is 17.8. The number of rotatable bonds is 3. The van der Waals surface area contributed by atoms with Gasteiger partial charge in [-0.05, 0) is 46.8 Å². The van der Waals surface area contributed by atoms with Crippen molar-refractivity contribution < 1.29 is 53.0 Å². The number of carbonyl (C=O) groups is 2. The first-order valence-corrected chi connectivity index (χ1v) is 10.1. The third-order valence-corrected chi connectivity index (χ3v) is 4.94. The van der Waals surface area contributed by atoms with E-state index in [4.69, 9.17) is 9.90 Å². The third-order valence-electron chi connectivity index (χ3n) is 4.03. The van der Waals surface area contributed by atoms with Crippen LogP contribution in [0.3, 0.4) is 0 Å². The van der Waals surface area contributed by atoms with E-state index in [0.717, 1.165) is 24.2 Å². The number of hydrogen-bond acceptors (Lipinski definition) is 4. The fourth-order valence-electron chi connectivity index (χ4n) is 2.68. The molecule has 3 aromatic carbocycles. The van der Waals surface area contributed by atoms with Crippen LogP contribution in [0.2, 0.25) is 0 Å². The summed E-state index contributed by atoms with van der Waals surface area (Å²) in [5.41, 5.74) is 2.47. The van der Waals surface area contributed by atoms with Crippen LogP contribution in [-0.2, 0) is 9.59 Å². The molecule has 4 rings (SSSR count). The van der Waals surface area contributed by atoms with Gasteiger partial charge >= 0.3 is 29.6 Å². The fraction of sp³-hybridized carbons (Fsp3) is 0.0417. The SMILES string of the molecule is CC(=O)O.O=C1NC(=Nc2cc[c-]cc2)SC1=Cc1ccc(-c2ccc(F)cc2F)cc1.[Na+]. The largest absolute Gasteiger partial charge is 1.00 e. The predicted molar refractivity (Wildman–Crippen MR) is 121 cm³/mol. The van der Waals surface area contributed by atoms with Crippen molar-refractivity contribution in [1.29, 1.82) is 0 Å². The van der Waals surface area contributed by atoms with Gasteiger partial charge in [-0.2, -0.15) is 18.2 Å². The molecule has 1 amide bonds. The summed E-state index contributed by atoms with van der Waals surface area (Å²) in [6.45, 7) is 1.08. The molecule has 1 aliphatic rings. The molecule has 3 aromatic rings. The molecule has 2 N–H and O–H groups in total. The second-order valence-corrected chi connectivity index (χ2v) is 7.54. The minimum atomic E-state index is -0.833. The van der Waals surface area contributed by atoms with Crippen LogP contribution < -0.4 is 34.9 Å². The number of carboxylic acids is 1. The number of benzene rings is 3. The van der Waals surface area contributed by atoms with Crippen LogP contribution in [0.1, 0.15) is 12.5 Å². The van der Waals surface area contributed by atoms with E-state index >= 15 is 0 Å². The predicted octanol–water partition coefficient (Wildman–Crippen LogP) is 2.42. The maximum atomic E-state index is 13.9. The number of amides is 1. The standard InChI is InChI=1S/C22H13F2N2OS.C2H4O2.Na/c23-16-10-11-18(19(24)13-16)15-8-6-14(7-9-15)12-20-21(27)26-22(28-20)25-17-4-2-1-3-5-17;1-2(3)4;/h2-13H,(H,25,26,27);1H3,(H,3,4);/q-1;;+1. The van der Waals surface area contributed by atoms with Crippen LogP contribution in [0.4, 0.5) is 14.5 Å². The van der Waals surface area contributed by atoms with Crippen LogP contribution in [0.5, 0.6) is 0 Å². The van der Waals surface area contributed by atoms with Crippen LogP contribution in [0.15, 0.2) is 76.6 Å². The Kier molecular flexibility index (Phi) is 9.99. The van der Waals surface area contributed by atoms with Crippen LogP contribution in [0, 0.1) is 17.7 Å². The van der Waals surface area contributed by atoms with Gasteiger partial charge in [-0.15, -0.1) is 12.1 Å². The van der Waals surface area contributed by atoms with E-state index in [0.29, 0.717) is 21.2 Å². The monoisotopic (exact) mass is 474 g/mol. The van der Waals surface area contributed by atoms with Crippen molar-refractivity contribution in [3.63, 3.8) is 0 Å². The smallest absolute Gasteiger partial charge is 0.481 e. The van der Waals surface area contributed by atoms with Crippen molar-refractivity contribution >= 4 is 40.6 Å². The number of amidine groups is 1. The van der Waals surface area contributed by atoms with Crippen molar-refractivity contribution in [2.24, 2.45) is 4.99 Å². The summed E-state index contributed by atoms with van der Waals surface area (Å²) < 4.78 is 27.0. The number of nitrogens with zero attached hydrogens (tertiary/aromatic N) is 1. The number of thioether (sulfide) groups is 1. The molecule has 33 heavy (non-hydrogen) atoms. The molecule has 1 heterocycles. The molecule has 0 spiro atoms. The minimum Gasteiger partial charge on any atom is -0.481 e. The van der Waals surface area contributed by atoms with Crippen LogP contribution in [-0.4, -0.2) is 22.2 Å². The molecule has 5 nitrogen and oxygen atoms in total. The zero-order valence-corrected chi connectivity index (χ0v) is 20.6. The number of aliphatic imine (C=N–C) groups is 1. The van der Waals surface area contributed by atoms with E-state index in [1.54, 1.807) is 54.6 Å².